The quantitative estimate of drug-likeness (QED) is 0.848. The van der Waals surface area contributed by atoms with E-state index in [1.807, 2.05) is 31.5 Å². The van der Waals surface area contributed by atoms with Gasteiger partial charge in [-0.15, -0.1) is 21.5 Å². The average Bonchev–Trinajstić information content (AvgIpc) is 2.99. The third kappa shape index (κ3) is 3.33. The number of hydrogen-bond donors (Lipinski definition) is 1. The first-order chi connectivity index (χ1) is 8.66. The number of carbonyl (C=O) groups is 1. The normalized spacial score (nSPS) is 12.3. The van der Waals surface area contributed by atoms with Crippen LogP contribution in [0.3, 0.4) is 0 Å². The van der Waals surface area contributed by atoms with Gasteiger partial charge in [-0.05, 0) is 18.4 Å². The van der Waals surface area contributed by atoms with Gasteiger partial charge in [0.15, 0.2) is 5.16 Å². The van der Waals surface area contributed by atoms with Gasteiger partial charge in [0.1, 0.15) is 6.33 Å². The Bertz CT molecular complexity index is 509. The van der Waals surface area contributed by atoms with Crippen LogP contribution < -0.4 is 5.32 Å². The Hall–Kier alpha value is -1.34. The topological polar surface area (TPSA) is 59.8 Å². The monoisotopic (exact) mass is 282 g/mol. The molecular formula is C11H14N4OS2. The molecule has 96 valence electrons. The lowest BCUT2D eigenvalue weighted by Gasteiger charge is -2.10. The minimum atomic E-state index is -0.187. The molecule has 0 fully saturated rings. The van der Waals surface area contributed by atoms with Gasteiger partial charge < -0.3 is 9.88 Å². The number of nitrogens with zero attached hydrogens (tertiary/aromatic N) is 3. The minimum absolute atomic E-state index is 0.0106. The van der Waals surface area contributed by atoms with Gasteiger partial charge in [0.05, 0.1) is 11.8 Å². The van der Waals surface area contributed by atoms with Crippen molar-refractivity contribution in [1.82, 2.24) is 20.1 Å². The number of rotatable bonds is 5. The fourth-order valence-corrected chi connectivity index (χ4v) is 2.78. The number of carbonyl (C=O) groups excluding carboxylic acids is 1. The molecule has 0 aromatic carbocycles. The summed E-state index contributed by atoms with van der Waals surface area (Å²) in [6.45, 7) is 2.45. The maximum Gasteiger partial charge on any atom is 0.233 e. The standard InChI is InChI=1S/C11H14N4OS2/c1-8(18-11-14-13-7-15(11)2)10(16)12-6-9-4-3-5-17-9/h3-5,7-8H,6H2,1-2H3,(H,12,16)/t8-/m1/s1. The van der Waals surface area contributed by atoms with Crippen LogP contribution in [0.1, 0.15) is 11.8 Å². The Labute approximate surface area is 114 Å². The Morgan fingerprint density at radius 3 is 3.11 bits per heavy atom. The van der Waals surface area contributed by atoms with Crippen molar-refractivity contribution >= 4 is 29.0 Å². The van der Waals surface area contributed by atoms with Crippen LogP contribution in [0.5, 0.6) is 0 Å². The van der Waals surface area contributed by atoms with Gasteiger partial charge >= 0.3 is 0 Å². The molecule has 0 radical (unpaired) electrons. The largest absolute Gasteiger partial charge is 0.350 e. The maximum atomic E-state index is 11.9. The van der Waals surface area contributed by atoms with E-state index in [1.165, 1.54) is 11.8 Å². The van der Waals surface area contributed by atoms with Gasteiger partial charge in [0, 0.05) is 11.9 Å². The molecule has 0 aliphatic heterocycles. The van der Waals surface area contributed by atoms with Gasteiger partial charge in [0.25, 0.3) is 0 Å². The van der Waals surface area contributed by atoms with E-state index in [-0.39, 0.29) is 11.2 Å². The zero-order chi connectivity index (χ0) is 13.0. The Balaban J connectivity index is 1.83. The third-order valence-electron chi connectivity index (χ3n) is 2.34. The number of amides is 1. The second kappa shape index (κ2) is 6.01. The highest BCUT2D eigenvalue weighted by molar-refractivity contribution is 8.00. The number of aromatic nitrogens is 3. The highest BCUT2D eigenvalue weighted by Crippen LogP contribution is 2.20. The molecule has 0 saturated heterocycles. The second-order valence-electron chi connectivity index (χ2n) is 3.78. The first kappa shape index (κ1) is 13.1. The number of hydrogen-bond acceptors (Lipinski definition) is 5. The van der Waals surface area contributed by atoms with E-state index in [0.717, 1.165) is 10.0 Å². The van der Waals surface area contributed by atoms with Crippen LogP contribution in [0.2, 0.25) is 0 Å². The molecule has 0 aliphatic carbocycles. The lowest BCUT2D eigenvalue weighted by atomic mass is 10.4. The molecule has 0 spiro atoms. The molecule has 1 atom stereocenters. The highest BCUT2D eigenvalue weighted by Gasteiger charge is 2.16. The van der Waals surface area contributed by atoms with Crippen molar-refractivity contribution in [2.24, 2.45) is 7.05 Å². The molecule has 18 heavy (non-hydrogen) atoms. The number of thioether (sulfide) groups is 1. The van der Waals surface area contributed by atoms with E-state index < -0.39 is 0 Å². The van der Waals surface area contributed by atoms with Crippen LogP contribution in [-0.2, 0) is 18.4 Å². The summed E-state index contributed by atoms with van der Waals surface area (Å²) in [4.78, 5) is 13.0. The first-order valence-corrected chi connectivity index (χ1v) is 7.23. The molecular weight excluding hydrogens is 268 g/mol. The van der Waals surface area contributed by atoms with E-state index in [9.17, 15) is 4.79 Å². The van der Waals surface area contributed by atoms with Crippen molar-refractivity contribution in [1.29, 1.82) is 0 Å². The molecule has 0 unspecified atom stereocenters. The summed E-state index contributed by atoms with van der Waals surface area (Å²) >= 11 is 3.04. The van der Waals surface area contributed by atoms with Crippen molar-refractivity contribution in [3.05, 3.63) is 28.7 Å². The molecule has 7 heteroatoms. The average molecular weight is 282 g/mol. The summed E-state index contributed by atoms with van der Waals surface area (Å²) < 4.78 is 1.80. The lowest BCUT2D eigenvalue weighted by Crippen LogP contribution is -2.30. The van der Waals surface area contributed by atoms with Crippen molar-refractivity contribution in [2.45, 2.75) is 23.9 Å². The summed E-state index contributed by atoms with van der Waals surface area (Å²) in [6.07, 6.45) is 1.62. The van der Waals surface area contributed by atoms with Gasteiger partial charge in [-0.2, -0.15) is 0 Å². The number of thiophene rings is 1. The Morgan fingerprint density at radius 2 is 2.50 bits per heavy atom. The van der Waals surface area contributed by atoms with Crippen LogP contribution in [0.15, 0.2) is 29.0 Å². The third-order valence-corrected chi connectivity index (χ3v) is 4.36. The molecule has 1 N–H and O–H groups in total. The van der Waals surface area contributed by atoms with Gasteiger partial charge in [-0.1, -0.05) is 17.8 Å². The zero-order valence-electron chi connectivity index (χ0n) is 10.2. The van der Waals surface area contributed by atoms with Crippen molar-refractivity contribution in [3.8, 4) is 0 Å². The van der Waals surface area contributed by atoms with Crippen molar-refractivity contribution in [3.63, 3.8) is 0 Å². The fourth-order valence-electron chi connectivity index (χ4n) is 1.32. The van der Waals surface area contributed by atoms with Crippen molar-refractivity contribution < 1.29 is 4.79 Å². The molecule has 1 amide bonds. The number of nitrogens with one attached hydrogen (secondary N) is 1. The number of aryl methyl sites for hydroxylation is 1. The van der Waals surface area contributed by atoms with Gasteiger partial charge in [0.2, 0.25) is 5.91 Å². The molecule has 5 nitrogen and oxygen atoms in total. The predicted molar refractivity (Wildman–Crippen MR) is 72.5 cm³/mol. The summed E-state index contributed by atoms with van der Waals surface area (Å²) in [5.41, 5.74) is 0. The minimum Gasteiger partial charge on any atom is -0.350 e. The summed E-state index contributed by atoms with van der Waals surface area (Å²) in [7, 11) is 1.86. The van der Waals surface area contributed by atoms with E-state index in [0.29, 0.717) is 6.54 Å². The zero-order valence-corrected chi connectivity index (χ0v) is 11.8. The van der Waals surface area contributed by atoms with Gasteiger partial charge in [-0.3, -0.25) is 4.79 Å². The van der Waals surface area contributed by atoms with Crippen molar-refractivity contribution in [2.75, 3.05) is 0 Å². The molecule has 2 heterocycles. The smallest absolute Gasteiger partial charge is 0.233 e. The van der Waals surface area contributed by atoms with E-state index in [1.54, 1.807) is 22.2 Å². The summed E-state index contributed by atoms with van der Waals surface area (Å²) in [5.74, 6) is 0.0106. The predicted octanol–water partition coefficient (Wildman–Crippen LogP) is 1.67. The summed E-state index contributed by atoms with van der Waals surface area (Å²) in [5, 5.41) is 13.2. The molecule has 0 bridgehead atoms. The van der Waals surface area contributed by atoms with Crippen LogP contribution in [-0.4, -0.2) is 25.9 Å². The molecule has 0 aliphatic rings. The van der Waals surface area contributed by atoms with Crippen LogP contribution in [0.4, 0.5) is 0 Å². The highest BCUT2D eigenvalue weighted by atomic mass is 32.2. The Morgan fingerprint density at radius 1 is 1.67 bits per heavy atom. The van der Waals surface area contributed by atoms with Gasteiger partial charge in [-0.25, -0.2) is 0 Å². The second-order valence-corrected chi connectivity index (χ2v) is 6.12. The maximum absolute atomic E-state index is 11.9. The van der Waals surface area contributed by atoms with E-state index >= 15 is 0 Å². The van der Waals surface area contributed by atoms with Crippen LogP contribution in [0, 0.1) is 0 Å². The van der Waals surface area contributed by atoms with Crippen LogP contribution >= 0.6 is 23.1 Å². The molecule has 2 aromatic heterocycles. The SMILES string of the molecule is C[C@@H](Sc1nncn1C)C(=O)NCc1cccs1. The molecule has 2 rings (SSSR count). The molecule has 0 saturated carbocycles. The fraction of sp³-hybridized carbons (Fsp3) is 0.364. The first-order valence-electron chi connectivity index (χ1n) is 5.47. The van der Waals surface area contributed by atoms with Crippen LogP contribution in [0.25, 0.3) is 0 Å². The van der Waals surface area contributed by atoms with E-state index in [4.69, 9.17) is 0 Å². The molecule has 2 aromatic rings. The lowest BCUT2D eigenvalue weighted by molar-refractivity contribution is -0.120. The summed E-state index contributed by atoms with van der Waals surface area (Å²) in [6, 6.07) is 3.98. The Kier molecular flexibility index (Phi) is 4.38. The van der Waals surface area contributed by atoms with E-state index in [2.05, 4.69) is 15.5 Å².